The van der Waals surface area contributed by atoms with Gasteiger partial charge in [0.1, 0.15) is 10.8 Å². The van der Waals surface area contributed by atoms with E-state index in [1.165, 1.54) is 5.56 Å². The number of nitrogens with zero attached hydrogens (tertiary/aromatic N) is 1. The molecule has 1 atom stereocenters. The molecule has 0 saturated heterocycles. The van der Waals surface area contributed by atoms with Gasteiger partial charge in [0, 0.05) is 0 Å². The van der Waals surface area contributed by atoms with Crippen molar-refractivity contribution in [2.45, 2.75) is 60.1 Å². The minimum absolute atomic E-state index is 0.192. The molecule has 1 aromatic rings. The van der Waals surface area contributed by atoms with Gasteiger partial charge in [0.2, 0.25) is 0 Å². The van der Waals surface area contributed by atoms with Crippen LogP contribution in [0.4, 0.5) is 0 Å². The molecule has 0 spiro atoms. The molecule has 0 amide bonds. The normalized spacial score (nSPS) is 11.7. The van der Waals surface area contributed by atoms with Crippen LogP contribution >= 0.6 is 11.8 Å². The van der Waals surface area contributed by atoms with Crippen molar-refractivity contribution < 1.29 is 19.3 Å². The van der Waals surface area contributed by atoms with Gasteiger partial charge in [-0.3, -0.25) is 4.79 Å². The van der Waals surface area contributed by atoms with Crippen LogP contribution in [0.1, 0.15) is 47.1 Å². The quantitative estimate of drug-likeness (QED) is 0.439. The summed E-state index contributed by atoms with van der Waals surface area (Å²) in [6.07, 6.45) is 0.750. The van der Waals surface area contributed by atoms with E-state index >= 15 is 0 Å². The van der Waals surface area contributed by atoms with E-state index < -0.39 is 12.0 Å². The third-order valence-corrected chi connectivity index (χ3v) is 2.65. The van der Waals surface area contributed by atoms with Crippen molar-refractivity contribution in [3.8, 4) is 5.75 Å². The molecule has 0 aliphatic carbocycles. The number of hydrogen-bond donors (Lipinski definition) is 1. The fourth-order valence-electron chi connectivity index (χ4n) is 1.39. The molecule has 1 aromatic carbocycles. The average Bonchev–Trinajstić information content (AvgIpc) is 2.54. The number of rotatable bonds is 8. The highest BCUT2D eigenvalue weighted by Crippen LogP contribution is 2.14. The largest absolute Gasteiger partial charge is 0.462 e. The van der Waals surface area contributed by atoms with Gasteiger partial charge < -0.3 is 9.57 Å². The van der Waals surface area contributed by atoms with Crippen molar-refractivity contribution in [3.05, 3.63) is 29.8 Å². The van der Waals surface area contributed by atoms with Gasteiger partial charge in [0.05, 0.1) is 17.9 Å². The summed E-state index contributed by atoms with van der Waals surface area (Å²) in [7, 11) is 0. The lowest BCUT2D eigenvalue weighted by Crippen LogP contribution is -2.40. The van der Waals surface area contributed by atoms with Crippen LogP contribution in [0.25, 0.3) is 0 Å². The molecule has 23 heavy (non-hydrogen) atoms. The van der Waals surface area contributed by atoms with Crippen molar-refractivity contribution >= 4 is 17.7 Å². The molecule has 0 heterocycles. The molecule has 0 radical (unpaired) electrons. The Kier molecular flexibility index (Phi) is 11.4. The summed E-state index contributed by atoms with van der Waals surface area (Å²) in [6, 6.07) is 6.72. The van der Waals surface area contributed by atoms with Crippen LogP contribution in [0.5, 0.6) is 5.75 Å². The molecule has 1 N–H and O–H groups in total. The third kappa shape index (κ3) is 9.40. The average molecular weight is 347 g/mol. The molecule has 0 aromatic heterocycles. The number of hydroxylamine groups is 1. The van der Waals surface area contributed by atoms with Crippen LogP contribution in [0.3, 0.4) is 0 Å². The number of carbonyl (C=O) groups excluding carboxylic acids is 1. The second kappa shape index (κ2) is 12.1. The molecule has 0 fully saturated rings. The van der Waals surface area contributed by atoms with E-state index in [-0.39, 0.29) is 6.10 Å². The molecule has 0 saturated carbocycles. The Hall–Kier alpha value is -1.34. The minimum atomic E-state index is -0.681. The number of benzene rings is 1. The fraction of sp³-hybridized carbons (Fsp3) is 0.562. The Morgan fingerprint density at radius 3 is 2.26 bits per heavy atom. The van der Waals surface area contributed by atoms with E-state index in [9.17, 15) is 4.79 Å². The summed E-state index contributed by atoms with van der Waals surface area (Å²) in [6.45, 7) is 11.2. The maximum Gasteiger partial charge on any atom is 0.325 e. The zero-order valence-corrected chi connectivity index (χ0v) is 15.4. The summed E-state index contributed by atoms with van der Waals surface area (Å²) in [5.74, 6) is 0.0729. The SMILES string of the molecule is CC.CCc1ccc(ON(Cl)ONC(C)C(=O)OC(C)C)cc1. The van der Waals surface area contributed by atoms with Gasteiger partial charge in [-0.15, -0.1) is 0 Å². The molecule has 0 bridgehead atoms. The first-order valence-electron chi connectivity index (χ1n) is 7.78. The summed E-state index contributed by atoms with van der Waals surface area (Å²) in [5, 5.41) is 0. The predicted molar refractivity (Wildman–Crippen MR) is 90.4 cm³/mol. The van der Waals surface area contributed by atoms with Gasteiger partial charge in [-0.1, -0.05) is 32.9 Å². The minimum Gasteiger partial charge on any atom is -0.462 e. The van der Waals surface area contributed by atoms with Crippen LogP contribution in [-0.4, -0.2) is 22.9 Å². The van der Waals surface area contributed by atoms with E-state index in [1.807, 2.05) is 26.0 Å². The smallest absolute Gasteiger partial charge is 0.325 e. The molecule has 132 valence electrons. The van der Waals surface area contributed by atoms with Gasteiger partial charge in [-0.25, -0.2) is 0 Å². The lowest BCUT2D eigenvalue weighted by Gasteiger charge is -2.18. The molecular weight excluding hydrogens is 320 g/mol. The number of aryl methyl sites for hydroxylation is 1. The Morgan fingerprint density at radius 1 is 1.22 bits per heavy atom. The second-order valence-corrected chi connectivity index (χ2v) is 4.99. The first-order chi connectivity index (χ1) is 10.9. The van der Waals surface area contributed by atoms with Gasteiger partial charge in [0.25, 0.3) is 0 Å². The van der Waals surface area contributed by atoms with Crippen molar-refractivity contribution in [2.75, 3.05) is 0 Å². The maximum atomic E-state index is 11.5. The first-order valence-corrected chi connectivity index (χ1v) is 8.12. The molecule has 7 heteroatoms. The lowest BCUT2D eigenvalue weighted by atomic mass is 10.2. The van der Waals surface area contributed by atoms with Gasteiger partial charge in [0.15, 0.2) is 5.75 Å². The zero-order valence-electron chi connectivity index (χ0n) is 14.6. The molecular formula is C16H27ClN2O4. The van der Waals surface area contributed by atoms with Crippen LogP contribution in [0, 0.1) is 0 Å². The van der Waals surface area contributed by atoms with Crippen LogP contribution in [0.15, 0.2) is 24.3 Å². The van der Waals surface area contributed by atoms with Gasteiger partial charge >= 0.3 is 5.97 Å². The van der Waals surface area contributed by atoms with E-state index in [2.05, 4.69) is 12.4 Å². The maximum absolute atomic E-state index is 11.5. The van der Waals surface area contributed by atoms with Crippen molar-refractivity contribution in [1.82, 2.24) is 10.2 Å². The second-order valence-electron chi connectivity index (χ2n) is 4.72. The third-order valence-electron chi connectivity index (χ3n) is 2.52. The Bertz CT molecular complexity index is 440. The molecule has 0 aliphatic rings. The summed E-state index contributed by atoms with van der Waals surface area (Å²) in [4.78, 5) is 21.6. The number of nitrogens with one attached hydrogen (secondary N) is 1. The fourth-order valence-corrected chi connectivity index (χ4v) is 1.51. The number of esters is 1. The molecule has 6 nitrogen and oxygen atoms in total. The Labute approximate surface area is 143 Å². The Morgan fingerprint density at radius 2 is 1.78 bits per heavy atom. The van der Waals surface area contributed by atoms with Crippen molar-refractivity contribution in [1.29, 1.82) is 0 Å². The monoisotopic (exact) mass is 346 g/mol. The number of carbonyl (C=O) groups is 1. The number of hydrogen-bond acceptors (Lipinski definition) is 6. The molecule has 0 aliphatic heterocycles. The highest BCUT2D eigenvalue weighted by atomic mass is 35.5. The number of ether oxygens (including phenoxy) is 1. The topological polar surface area (TPSA) is 60.0 Å². The highest BCUT2D eigenvalue weighted by Gasteiger charge is 2.17. The van der Waals surface area contributed by atoms with E-state index in [1.54, 1.807) is 32.9 Å². The summed E-state index contributed by atoms with van der Waals surface area (Å²) in [5.41, 5.74) is 3.61. The van der Waals surface area contributed by atoms with E-state index in [4.69, 9.17) is 26.3 Å². The highest BCUT2D eigenvalue weighted by molar-refractivity contribution is 6.11. The molecule has 1 rings (SSSR count). The summed E-state index contributed by atoms with van der Waals surface area (Å²) >= 11 is 5.72. The van der Waals surface area contributed by atoms with E-state index in [0.29, 0.717) is 10.5 Å². The van der Waals surface area contributed by atoms with Crippen molar-refractivity contribution in [3.63, 3.8) is 0 Å². The van der Waals surface area contributed by atoms with Crippen LogP contribution in [-0.2, 0) is 20.9 Å². The number of halogens is 1. The van der Waals surface area contributed by atoms with Gasteiger partial charge in [-0.2, -0.15) is 10.4 Å². The first kappa shape index (κ1) is 21.7. The van der Waals surface area contributed by atoms with Crippen LogP contribution < -0.4 is 10.3 Å². The van der Waals surface area contributed by atoms with Crippen molar-refractivity contribution in [2.24, 2.45) is 0 Å². The van der Waals surface area contributed by atoms with E-state index in [0.717, 1.165) is 6.42 Å². The molecule has 1 unspecified atom stereocenters. The van der Waals surface area contributed by atoms with Crippen LogP contribution in [0.2, 0.25) is 0 Å². The summed E-state index contributed by atoms with van der Waals surface area (Å²) < 4.78 is 5.62. The zero-order chi connectivity index (χ0) is 17.8. The predicted octanol–water partition coefficient (Wildman–Crippen LogP) is 3.80. The Balaban J connectivity index is 0.00000232. The standard InChI is InChI=1S/C14H21ClN2O4.C2H6/c1-5-12-6-8-13(9-7-12)20-17(15)21-16-11(4)14(18)19-10(2)3;1-2/h6-11,16H,5H2,1-4H3;1-2H3. The van der Waals surface area contributed by atoms with Gasteiger partial charge in [-0.05, 0) is 44.9 Å². The lowest BCUT2D eigenvalue weighted by molar-refractivity contribution is -0.289.